The van der Waals surface area contributed by atoms with E-state index in [0.717, 1.165) is 26.4 Å². The van der Waals surface area contributed by atoms with Gasteiger partial charge in [-0.1, -0.05) is 23.5 Å². The molecule has 0 radical (unpaired) electrons. The van der Waals surface area contributed by atoms with Gasteiger partial charge in [-0.25, -0.2) is 4.98 Å². The Morgan fingerprint density at radius 3 is 2.48 bits per heavy atom. The van der Waals surface area contributed by atoms with Crippen molar-refractivity contribution in [3.05, 3.63) is 59.8 Å². The summed E-state index contributed by atoms with van der Waals surface area (Å²) in [4.78, 5) is 31.9. The van der Waals surface area contributed by atoms with Gasteiger partial charge in [0.25, 0.3) is 11.8 Å². The van der Waals surface area contributed by atoms with Gasteiger partial charge >= 0.3 is 0 Å². The maximum atomic E-state index is 12.5. The number of hydrogen-bond acceptors (Lipinski definition) is 5. The van der Waals surface area contributed by atoms with Crippen LogP contribution < -0.4 is 10.6 Å². The molecule has 0 aliphatic rings. The Labute approximate surface area is 184 Å². The number of amides is 2. The van der Waals surface area contributed by atoms with Gasteiger partial charge in [-0.15, -0.1) is 0 Å². The fourth-order valence-electron chi connectivity index (χ4n) is 3.24. The first-order chi connectivity index (χ1) is 14.9. The molecule has 0 saturated heterocycles. The minimum absolute atomic E-state index is 0.0708. The second-order valence-electron chi connectivity index (χ2n) is 7.74. The first kappa shape index (κ1) is 21.0. The molecule has 0 fully saturated rings. The fourth-order valence-corrected chi connectivity index (χ4v) is 4.29. The van der Waals surface area contributed by atoms with Gasteiger partial charge in [0.2, 0.25) is 0 Å². The predicted molar refractivity (Wildman–Crippen MR) is 125 cm³/mol. The largest absolute Gasteiger partial charge is 0.355 e. The number of rotatable bonds is 6. The summed E-state index contributed by atoms with van der Waals surface area (Å²) in [6.07, 6.45) is 1.99. The molecule has 0 aliphatic heterocycles. The molecule has 1 unspecified atom stereocenters. The van der Waals surface area contributed by atoms with Crippen LogP contribution in [0.25, 0.3) is 26.4 Å². The maximum absolute atomic E-state index is 12.5. The standard InChI is InChI=1S/C23H25N5O2S/c1-14(27(3)4)12-25-22(30)17-9-10-19-20(11-17)31-23-26-18(13-28(19)23)15-5-7-16(8-6-15)21(29)24-2/h5-11,13-14H,12H2,1-4H3,(H,24,29)(H,25,30). The van der Waals surface area contributed by atoms with Crippen LogP contribution >= 0.6 is 11.3 Å². The summed E-state index contributed by atoms with van der Waals surface area (Å²) in [6.45, 7) is 2.67. The molecule has 31 heavy (non-hydrogen) atoms. The lowest BCUT2D eigenvalue weighted by Crippen LogP contribution is -2.38. The van der Waals surface area contributed by atoms with Crippen molar-refractivity contribution in [3.8, 4) is 11.3 Å². The zero-order valence-electron chi connectivity index (χ0n) is 18.0. The third kappa shape index (κ3) is 4.17. The van der Waals surface area contributed by atoms with Gasteiger partial charge < -0.3 is 15.5 Å². The summed E-state index contributed by atoms with van der Waals surface area (Å²) >= 11 is 1.55. The lowest BCUT2D eigenvalue weighted by molar-refractivity contribution is 0.0941. The number of likely N-dealkylation sites (N-methyl/N-ethyl adjacent to an activating group) is 1. The van der Waals surface area contributed by atoms with Crippen molar-refractivity contribution in [1.29, 1.82) is 0 Å². The summed E-state index contributed by atoms with van der Waals surface area (Å²) < 4.78 is 3.05. The van der Waals surface area contributed by atoms with Crippen molar-refractivity contribution in [3.63, 3.8) is 0 Å². The van der Waals surface area contributed by atoms with E-state index < -0.39 is 0 Å². The highest BCUT2D eigenvalue weighted by atomic mass is 32.1. The van der Waals surface area contributed by atoms with Gasteiger partial charge in [-0.2, -0.15) is 0 Å². The molecule has 1 atom stereocenters. The van der Waals surface area contributed by atoms with Crippen LogP contribution in [0.5, 0.6) is 0 Å². The van der Waals surface area contributed by atoms with Crippen molar-refractivity contribution in [2.45, 2.75) is 13.0 Å². The first-order valence-electron chi connectivity index (χ1n) is 10.1. The Kier molecular flexibility index (Phi) is 5.75. The quantitative estimate of drug-likeness (QED) is 0.487. The molecule has 2 N–H and O–H groups in total. The third-order valence-electron chi connectivity index (χ3n) is 5.47. The Balaban J connectivity index is 1.58. The van der Waals surface area contributed by atoms with E-state index in [2.05, 4.69) is 22.5 Å². The van der Waals surface area contributed by atoms with E-state index >= 15 is 0 Å². The van der Waals surface area contributed by atoms with Crippen molar-refractivity contribution >= 4 is 38.3 Å². The minimum Gasteiger partial charge on any atom is -0.355 e. The number of hydrogen-bond donors (Lipinski definition) is 2. The summed E-state index contributed by atoms with van der Waals surface area (Å²) in [5, 5.41) is 5.61. The zero-order chi connectivity index (χ0) is 22.1. The van der Waals surface area contributed by atoms with Crippen LogP contribution in [0.4, 0.5) is 0 Å². The second kappa shape index (κ2) is 8.49. The van der Waals surface area contributed by atoms with Crippen LogP contribution in [-0.4, -0.2) is 59.8 Å². The number of benzene rings is 2. The average molecular weight is 436 g/mol. The fraction of sp³-hybridized carbons (Fsp3) is 0.261. The molecule has 0 spiro atoms. The van der Waals surface area contributed by atoms with E-state index in [-0.39, 0.29) is 17.9 Å². The van der Waals surface area contributed by atoms with Gasteiger partial charge in [-0.3, -0.25) is 14.0 Å². The number of fused-ring (bicyclic) bond motifs is 3. The van der Waals surface area contributed by atoms with E-state index in [0.29, 0.717) is 17.7 Å². The van der Waals surface area contributed by atoms with Crippen molar-refractivity contribution in [2.24, 2.45) is 0 Å². The molecular weight excluding hydrogens is 410 g/mol. The van der Waals surface area contributed by atoms with Crippen LogP contribution in [0, 0.1) is 0 Å². The van der Waals surface area contributed by atoms with Crippen LogP contribution in [0.15, 0.2) is 48.7 Å². The van der Waals surface area contributed by atoms with E-state index in [1.807, 2.05) is 55.0 Å². The topological polar surface area (TPSA) is 78.7 Å². The monoisotopic (exact) mass is 435 g/mol. The molecule has 160 valence electrons. The molecule has 2 heterocycles. The van der Waals surface area contributed by atoms with E-state index in [9.17, 15) is 9.59 Å². The molecule has 0 saturated carbocycles. The molecule has 0 aliphatic carbocycles. The predicted octanol–water partition coefficient (Wildman–Crippen LogP) is 3.26. The third-order valence-corrected chi connectivity index (χ3v) is 6.48. The van der Waals surface area contributed by atoms with Crippen molar-refractivity contribution in [1.82, 2.24) is 24.9 Å². The lowest BCUT2D eigenvalue weighted by atomic mass is 10.1. The van der Waals surface area contributed by atoms with Crippen LogP contribution in [0.1, 0.15) is 27.6 Å². The maximum Gasteiger partial charge on any atom is 0.251 e. The summed E-state index contributed by atoms with van der Waals surface area (Å²) in [7, 11) is 5.61. The number of carbonyl (C=O) groups excluding carboxylic acids is 2. The molecular formula is C23H25N5O2S. The Bertz CT molecular complexity index is 1260. The smallest absolute Gasteiger partial charge is 0.251 e. The summed E-state index contributed by atoms with van der Waals surface area (Å²) in [6, 6.07) is 13.4. The van der Waals surface area contributed by atoms with Gasteiger partial charge in [0.1, 0.15) is 0 Å². The summed E-state index contributed by atoms with van der Waals surface area (Å²) in [5.41, 5.74) is 4.06. The van der Waals surface area contributed by atoms with E-state index in [1.54, 1.807) is 30.5 Å². The minimum atomic E-state index is -0.112. The first-order valence-corrected chi connectivity index (χ1v) is 10.9. The summed E-state index contributed by atoms with van der Waals surface area (Å²) in [5.74, 6) is -0.182. The molecule has 4 aromatic rings. The van der Waals surface area contributed by atoms with Crippen molar-refractivity contribution in [2.75, 3.05) is 27.7 Å². The van der Waals surface area contributed by atoms with E-state index in [4.69, 9.17) is 4.98 Å². The Morgan fingerprint density at radius 1 is 1.10 bits per heavy atom. The van der Waals surface area contributed by atoms with Crippen LogP contribution in [0.2, 0.25) is 0 Å². The highest BCUT2D eigenvalue weighted by Crippen LogP contribution is 2.30. The average Bonchev–Trinajstić information content (AvgIpc) is 3.34. The SMILES string of the molecule is CNC(=O)c1ccc(-c2cn3c(n2)sc2cc(C(=O)NCC(C)N(C)C)ccc23)cc1. The normalized spacial score (nSPS) is 12.4. The highest BCUT2D eigenvalue weighted by molar-refractivity contribution is 7.23. The molecule has 4 rings (SSSR count). The zero-order valence-corrected chi connectivity index (χ0v) is 18.8. The van der Waals surface area contributed by atoms with Crippen LogP contribution in [0.3, 0.4) is 0 Å². The van der Waals surface area contributed by atoms with Crippen molar-refractivity contribution < 1.29 is 9.59 Å². The number of nitrogens with zero attached hydrogens (tertiary/aromatic N) is 3. The second-order valence-corrected chi connectivity index (χ2v) is 8.75. The van der Waals surface area contributed by atoms with Crippen LogP contribution in [-0.2, 0) is 0 Å². The highest BCUT2D eigenvalue weighted by Gasteiger charge is 2.14. The Morgan fingerprint density at radius 2 is 1.81 bits per heavy atom. The molecule has 7 nitrogen and oxygen atoms in total. The number of aromatic nitrogens is 2. The molecule has 2 aromatic heterocycles. The molecule has 2 amide bonds. The molecule has 2 aromatic carbocycles. The number of carbonyl (C=O) groups is 2. The van der Waals surface area contributed by atoms with Gasteiger partial charge in [0.05, 0.1) is 15.9 Å². The van der Waals surface area contributed by atoms with E-state index in [1.165, 1.54) is 0 Å². The molecule has 8 heteroatoms. The van der Waals surface area contributed by atoms with Gasteiger partial charge in [0.15, 0.2) is 4.96 Å². The van der Waals surface area contributed by atoms with Gasteiger partial charge in [0, 0.05) is 42.5 Å². The Hall–Kier alpha value is -3.23. The van der Waals surface area contributed by atoms with Gasteiger partial charge in [-0.05, 0) is 51.4 Å². The number of nitrogens with one attached hydrogen (secondary N) is 2. The number of thiazole rings is 1. The number of imidazole rings is 1. The lowest BCUT2D eigenvalue weighted by Gasteiger charge is -2.19. The molecule has 0 bridgehead atoms.